The summed E-state index contributed by atoms with van der Waals surface area (Å²) >= 11 is 2.15. The molecule has 84 valence electrons. The van der Waals surface area contributed by atoms with E-state index >= 15 is 0 Å². The van der Waals surface area contributed by atoms with Gasteiger partial charge in [0.1, 0.15) is 0 Å². The van der Waals surface area contributed by atoms with Crippen LogP contribution in [-0.4, -0.2) is 23.5 Å². The first-order valence-electron chi connectivity index (χ1n) is 5.12. The van der Waals surface area contributed by atoms with E-state index in [1.165, 1.54) is 18.9 Å². The molecule has 0 N–H and O–H groups in total. The van der Waals surface area contributed by atoms with Crippen molar-refractivity contribution in [1.29, 1.82) is 0 Å². The van der Waals surface area contributed by atoms with Crippen LogP contribution in [-0.2, 0) is 6.54 Å². The number of nitrogens with zero attached hydrogens (tertiary/aromatic N) is 2. The number of hydrogen-bond acceptors (Lipinski definition) is 2. The van der Waals surface area contributed by atoms with Gasteiger partial charge in [-0.3, -0.25) is 0 Å². The minimum absolute atomic E-state index is 0.403. The van der Waals surface area contributed by atoms with Crippen molar-refractivity contribution >= 4 is 22.6 Å². The molecular formula is C11H16FIN2. The molecule has 0 spiro atoms. The molecule has 0 unspecified atom stereocenters. The Morgan fingerprint density at radius 3 is 2.87 bits per heavy atom. The van der Waals surface area contributed by atoms with Gasteiger partial charge in [-0.1, -0.05) is 13.3 Å². The van der Waals surface area contributed by atoms with Gasteiger partial charge < -0.3 is 4.90 Å². The Morgan fingerprint density at radius 2 is 2.27 bits per heavy atom. The molecule has 0 aliphatic rings. The van der Waals surface area contributed by atoms with Crippen LogP contribution in [0, 0.1) is 9.52 Å². The zero-order valence-corrected chi connectivity index (χ0v) is 11.3. The molecule has 0 saturated heterocycles. The van der Waals surface area contributed by atoms with Gasteiger partial charge in [0.2, 0.25) is 5.95 Å². The van der Waals surface area contributed by atoms with Crippen LogP contribution in [0.1, 0.15) is 25.3 Å². The lowest BCUT2D eigenvalue weighted by Gasteiger charge is -2.16. The monoisotopic (exact) mass is 322 g/mol. The quantitative estimate of drug-likeness (QED) is 0.612. The summed E-state index contributed by atoms with van der Waals surface area (Å²) in [5, 5.41) is 0. The molecule has 2 nitrogen and oxygen atoms in total. The maximum absolute atomic E-state index is 12.8. The lowest BCUT2D eigenvalue weighted by Crippen LogP contribution is -2.19. The summed E-state index contributed by atoms with van der Waals surface area (Å²) in [6, 6.07) is 1.48. The summed E-state index contributed by atoms with van der Waals surface area (Å²) in [6.45, 7) is 4.09. The van der Waals surface area contributed by atoms with Crippen LogP contribution >= 0.6 is 22.6 Å². The van der Waals surface area contributed by atoms with E-state index in [0.717, 1.165) is 22.2 Å². The van der Waals surface area contributed by atoms with E-state index in [0.29, 0.717) is 0 Å². The van der Waals surface area contributed by atoms with Crippen molar-refractivity contribution in [2.45, 2.75) is 26.3 Å². The average Bonchev–Trinajstić information content (AvgIpc) is 2.19. The zero-order chi connectivity index (χ0) is 11.3. The number of aromatic nitrogens is 1. The van der Waals surface area contributed by atoms with Gasteiger partial charge in [-0.05, 0) is 48.2 Å². The van der Waals surface area contributed by atoms with Gasteiger partial charge in [0.25, 0.3) is 0 Å². The highest BCUT2D eigenvalue weighted by Gasteiger charge is 2.05. The first kappa shape index (κ1) is 12.8. The van der Waals surface area contributed by atoms with Gasteiger partial charge in [0.15, 0.2) is 0 Å². The average molecular weight is 322 g/mol. The summed E-state index contributed by atoms with van der Waals surface area (Å²) in [5.41, 5.74) is 1.09. The molecule has 1 aromatic rings. The summed E-state index contributed by atoms with van der Waals surface area (Å²) < 4.78 is 13.7. The molecule has 15 heavy (non-hydrogen) atoms. The number of hydrogen-bond donors (Lipinski definition) is 0. The Morgan fingerprint density at radius 1 is 1.53 bits per heavy atom. The van der Waals surface area contributed by atoms with E-state index in [1.54, 1.807) is 6.20 Å². The van der Waals surface area contributed by atoms with Crippen molar-refractivity contribution in [2.24, 2.45) is 0 Å². The van der Waals surface area contributed by atoms with Crippen LogP contribution in [0.15, 0.2) is 12.3 Å². The standard InChI is InChI=1S/C11H16FIN2/c1-3-4-5-15(2)8-9-7-14-11(12)6-10(9)13/h6-7H,3-5,8H2,1-2H3. The molecular weight excluding hydrogens is 306 g/mol. The maximum Gasteiger partial charge on any atom is 0.213 e. The Hall–Kier alpha value is -0.230. The van der Waals surface area contributed by atoms with Crippen molar-refractivity contribution in [3.05, 3.63) is 27.3 Å². The van der Waals surface area contributed by atoms with Crippen molar-refractivity contribution in [3.63, 3.8) is 0 Å². The van der Waals surface area contributed by atoms with Gasteiger partial charge >= 0.3 is 0 Å². The van der Waals surface area contributed by atoms with Gasteiger partial charge in [-0.15, -0.1) is 0 Å². The van der Waals surface area contributed by atoms with Gasteiger partial charge in [-0.2, -0.15) is 4.39 Å². The Labute approximate surface area is 104 Å². The Kier molecular flexibility index (Phi) is 5.45. The van der Waals surface area contributed by atoms with Crippen LogP contribution < -0.4 is 0 Å². The largest absolute Gasteiger partial charge is 0.302 e. The van der Waals surface area contributed by atoms with Crippen LogP contribution in [0.3, 0.4) is 0 Å². The van der Waals surface area contributed by atoms with Crippen molar-refractivity contribution in [2.75, 3.05) is 13.6 Å². The van der Waals surface area contributed by atoms with Crippen LogP contribution in [0.5, 0.6) is 0 Å². The van der Waals surface area contributed by atoms with Crippen LogP contribution in [0.2, 0.25) is 0 Å². The molecule has 0 aromatic carbocycles. The van der Waals surface area contributed by atoms with E-state index in [2.05, 4.69) is 46.4 Å². The number of unbranched alkanes of at least 4 members (excludes halogenated alkanes) is 1. The fourth-order valence-electron chi connectivity index (χ4n) is 1.35. The second kappa shape index (κ2) is 6.37. The molecule has 4 heteroatoms. The molecule has 0 bridgehead atoms. The van der Waals surface area contributed by atoms with Crippen molar-refractivity contribution in [1.82, 2.24) is 9.88 Å². The number of pyridine rings is 1. The second-order valence-corrected chi connectivity index (χ2v) is 4.85. The van der Waals surface area contributed by atoms with Crippen LogP contribution in [0.25, 0.3) is 0 Å². The lowest BCUT2D eigenvalue weighted by molar-refractivity contribution is 0.319. The summed E-state index contributed by atoms with van der Waals surface area (Å²) in [6.07, 6.45) is 4.02. The normalized spacial score (nSPS) is 11.0. The van der Waals surface area contributed by atoms with E-state index in [1.807, 2.05) is 0 Å². The SMILES string of the molecule is CCCCN(C)Cc1cnc(F)cc1I. The fourth-order valence-corrected chi connectivity index (χ4v) is 1.92. The Bertz CT molecular complexity index is 317. The molecule has 0 aliphatic carbocycles. The third-order valence-corrected chi connectivity index (χ3v) is 3.23. The molecule has 1 rings (SSSR count). The molecule has 0 amide bonds. The topological polar surface area (TPSA) is 16.1 Å². The highest BCUT2D eigenvalue weighted by molar-refractivity contribution is 14.1. The molecule has 0 aliphatic heterocycles. The van der Waals surface area contributed by atoms with E-state index < -0.39 is 5.95 Å². The fraction of sp³-hybridized carbons (Fsp3) is 0.545. The molecule has 1 heterocycles. The Balaban J connectivity index is 2.56. The highest BCUT2D eigenvalue weighted by atomic mass is 127. The predicted octanol–water partition coefficient (Wildman–Crippen LogP) is 3.06. The third kappa shape index (κ3) is 4.42. The van der Waals surface area contributed by atoms with Gasteiger partial charge in [0.05, 0.1) is 0 Å². The van der Waals surface area contributed by atoms with E-state index in [-0.39, 0.29) is 0 Å². The van der Waals surface area contributed by atoms with E-state index in [4.69, 9.17) is 0 Å². The van der Waals surface area contributed by atoms with Crippen LogP contribution in [0.4, 0.5) is 4.39 Å². The molecule has 0 atom stereocenters. The van der Waals surface area contributed by atoms with Gasteiger partial charge in [-0.25, -0.2) is 4.98 Å². The third-order valence-electron chi connectivity index (χ3n) is 2.23. The van der Waals surface area contributed by atoms with E-state index in [9.17, 15) is 4.39 Å². The first-order valence-corrected chi connectivity index (χ1v) is 6.19. The maximum atomic E-state index is 12.8. The summed E-state index contributed by atoms with van der Waals surface area (Å²) in [5.74, 6) is -0.403. The lowest BCUT2D eigenvalue weighted by atomic mass is 10.2. The second-order valence-electron chi connectivity index (χ2n) is 3.69. The highest BCUT2D eigenvalue weighted by Crippen LogP contribution is 2.13. The zero-order valence-electron chi connectivity index (χ0n) is 9.13. The minimum Gasteiger partial charge on any atom is -0.302 e. The predicted molar refractivity (Wildman–Crippen MR) is 68.2 cm³/mol. The van der Waals surface area contributed by atoms with Crippen molar-refractivity contribution < 1.29 is 4.39 Å². The minimum atomic E-state index is -0.403. The molecule has 0 saturated carbocycles. The summed E-state index contributed by atoms with van der Waals surface area (Å²) in [7, 11) is 2.08. The molecule has 0 fully saturated rings. The number of rotatable bonds is 5. The smallest absolute Gasteiger partial charge is 0.213 e. The first-order chi connectivity index (χ1) is 7.13. The molecule has 1 aromatic heterocycles. The van der Waals surface area contributed by atoms with Gasteiger partial charge in [0, 0.05) is 22.4 Å². The summed E-state index contributed by atoms with van der Waals surface area (Å²) in [4.78, 5) is 5.91. The van der Waals surface area contributed by atoms with Crippen molar-refractivity contribution in [3.8, 4) is 0 Å². The molecule has 0 radical (unpaired) electrons. The number of halogens is 2.